The second-order valence-electron chi connectivity index (χ2n) is 7.38. The van der Waals surface area contributed by atoms with E-state index in [0.29, 0.717) is 17.9 Å². The van der Waals surface area contributed by atoms with E-state index < -0.39 is 6.04 Å². The molecular formula is C18H28N4O3. The molecule has 7 heteroatoms. The van der Waals surface area contributed by atoms with Gasteiger partial charge in [-0.1, -0.05) is 20.8 Å². The molecule has 1 aliphatic rings. The normalized spacial score (nSPS) is 18.5. The number of hydrogen-bond donors (Lipinski definition) is 4. The number of ether oxygens (including phenoxy) is 1. The number of carbonyl (C=O) groups is 2. The van der Waals surface area contributed by atoms with Gasteiger partial charge in [0.2, 0.25) is 5.91 Å². The topological polar surface area (TPSA) is 105 Å². The van der Waals surface area contributed by atoms with Crippen LogP contribution in [0.2, 0.25) is 0 Å². The SMILES string of the molecule is CC(C)(C)[C@H](N)C(=O)Nc1ccc(NC(=O)NCC2CCCO2)cc1. The summed E-state index contributed by atoms with van der Waals surface area (Å²) in [6.07, 6.45) is 2.13. The van der Waals surface area contributed by atoms with Crippen molar-refractivity contribution in [2.24, 2.45) is 11.1 Å². The molecule has 2 atom stereocenters. The summed E-state index contributed by atoms with van der Waals surface area (Å²) in [5.74, 6) is -0.234. The lowest BCUT2D eigenvalue weighted by Gasteiger charge is -2.25. The Morgan fingerprint density at radius 1 is 1.20 bits per heavy atom. The third-order valence-corrected chi connectivity index (χ3v) is 4.14. The van der Waals surface area contributed by atoms with Gasteiger partial charge in [0.05, 0.1) is 12.1 Å². The van der Waals surface area contributed by atoms with Crippen LogP contribution in [0.15, 0.2) is 24.3 Å². The first kappa shape index (κ1) is 19.2. The first-order chi connectivity index (χ1) is 11.8. The molecule has 0 aromatic heterocycles. The Balaban J connectivity index is 1.80. The van der Waals surface area contributed by atoms with Gasteiger partial charge in [-0.15, -0.1) is 0 Å². The molecule has 1 aliphatic heterocycles. The van der Waals surface area contributed by atoms with Crippen molar-refractivity contribution in [3.05, 3.63) is 24.3 Å². The Labute approximate surface area is 148 Å². The van der Waals surface area contributed by atoms with Crippen LogP contribution < -0.4 is 21.7 Å². The molecule has 1 aromatic carbocycles. The third-order valence-electron chi connectivity index (χ3n) is 4.14. The van der Waals surface area contributed by atoms with E-state index in [4.69, 9.17) is 10.5 Å². The zero-order valence-electron chi connectivity index (χ0n) is 15.1. The Kier molecular flexibility index (Phi) is 6.39. The van der Waals surface area contributed by atoms with Crippen molar-refractivity contribution in [2.75, 3.05) is 23.8 Å². The minimum Gasteiger partial charge on any atom is -0.376 e. The average molecular weight is 348 g/mol. The van der Waals surface area contributed by atoms with E-state index in [2.05, 4.69) is 16.0 Å². The number of hydrogen-bond acceptors (Lipinski definition) is 4. The van der Waals surface area contributed by atoms with E-state index in [-0.39, 0.29) is 23.5 Å². The Morgan fingerprint density at radius 3 is 2.32 bits per heavy atom. The Hall–Kier alpha value is -2.12. The van der Waals surface area contributed by atoms with Crippen LogP contribution in [0, 0.1) is 5.41 Å². The van der Waals surface area contributed by atoms with Crippen LogP contribution in [0.1, 0.15) is 33.6 Å². The molecule has 7 nitrogen and oxygen atoms in total. The van der Waals surface area contributed by atoms with Crippen molar-refractivity contribution in [3.8, 4) is 0 Å². The van der Waals surface area contributed by atoms with Gasteiger partial charge in [0.15, 0.2) is 0 Å². The van der Waals surface area contributed by atoms with Gasteiger partial charge in [0.25, 0.3) is 0 Å². The number of nitrogens with one attached hydrogen (secondary N) is 3. The lowest BCUT2D eigenvalue weighted by molar-refractivity contribution is -0.119. The lowest BCUT2D eigenvalue weighted by atomic mass is 9.87. The van der Waals surface area contributed by atoms with Crippen LogP contribution in [0.25, 0.3) is 0 Å². The van der Waals surface area contributed by atoms with Crippen molar-refractivity contribution in [1.82, 2.24) is 5.32 Å². The molecule has 0 bridgehead atoms. The van der Waals surface area contributed by atoms with Crippen LogP contribution in [0.3, 0.4) is 0 Å². The molecule has 1 aromatic rings. The maximum absolute atomic E-state index is 12.1. The Bertz CT molecular complexity index is 589. The van der Waals surface area contributed by atoms with Crippen LogP contribution >= 0.6 is 0 Å². The number of nitrogens with two attached hydrogens (primary N) is 1. The third kappa shape index (κ3) is 6.03. The number of anilines is 2. The van der Waals surface area contributed by atoms with Gasteiger partial charge in [-0.05, 0) is 42.5 Å². The predicted octanol–water partition coefficient (Wildman–Crippen LogP) is 2.30. The minimum absolute atomic E-state index is 0.107. The van der Waals surface area contributed by atoms with Gasteiger partial charge >= 0.3 is 6.03 Å². The van der Waals surface area contributed by atoms with Crippen molar-refractivity contribution in [1.29, 1.82) is 0 Å². The molecule has 25 heavy (non-hydrogen) atoms. The Morgan fingerprint density at radius 2 is 1.80 bits per heavy atom. The van der Waals surface area contributed by atoms with E-state index in [1.54, 1.807) is 24.3 Å². The molecule has 2 rings (SSSR count). The molecule has 5 N–H and O–H groups in total. The fraction of sp³-hybridized carbons (Fsp3) is 0.556. The van der Waals surface area contributed by atoms with Crippen molar-refractivity contribution < 1.29 is 14.3 Å². The summed E-state index contributed by atoms with van der Waals surface area (Å²) >= 11 is 0. The van der Waals surface area contributed by atoms with Crippen LogP contribution in [0.5, 0.6) is 0 Å². The summed E-state index contributed by atoms with van der Waals surface area (Å²) < 4.78 is 5.46. The second-order valence-corrected chi connectivity index (χ2v) is 7.38. The molecular weight excluding hydrogens is 320 g/mol. The molecule has 1 heterocycles. The average Bonchev–Trinajstić information content (AvgIpc) is 3.06. The van der Waals surface area contributed by atoms with Crippen LogP contribution in [-0.4, -0.2) is 37.2 Å². The highest BCUT2D eigenvalue weighted by Crippen LogP contribution is 2.20. The van der Waals surface area contributed by atoms with Gasteiger partial charge in [0, 0.05) is 24.5 Å². The van der Waals surface area contributed by atoms with Crippen molar-refractivity contribution >= 4 is 23.3 Å². The van der Waals surface area contributed by atoms with Crippen molar-refractivity contribution in [2.45, 2.75) is 45.8 Å². The second kappa shape index (κ2) is 8.31. The lowest BCUT2D eigenvalue weighted by Crippen LogP contribution is -2.45. The highest BCUT2D eigenvalue weighted by molar-refractivity contribution is 5.95. The van der Waals surface area contributed by atoms with Gasteiger partial charge in [-0.25, -0.2) is 4.79 Å². The molecule has 1 fully saturated rings. The van der Waals surface area contributed by atoms with Gasteiger partial charge in [-0.2, -0.15) is 0 Å². The number of rotatable bonds is 5. The van der Waals surface area contributed by atoms with E-state index in [0.717, 1.165) is 19.4 Å². The van der Waals surface area contributed by atoms with Crippen LogP contribution in [-0.2, 0) is 9.53 Å². The smallest absolute Gasteiger partial charge is 0.319 e. The summed E-state index contributed by atoms with van der Waals surface area (Å²) in [5, 5.41) is 8.32. The number of benzene rings is 1. The van der Waals surface area contributed by atoms with E-state index in [1.807, 2.05) is 20.8 Å². The zero-order chi connectivity index (χ0) is 18.4. The molecule has 1 saturated heterocycles. The van der Waals surface area contributed by atoms with Gasteiger partial charge in [-0.3, -0.25) is 4.79 Å². The highest BCUT2D eigenvalue weighted by Gasteiger charge is 2.27. The predicted molar refractivity (Wildman–Crippen MR) is 98.5 cm³/mol. The highest BCUT2D eigenvalue weighted by atomic mass is 16.5. The standard InChI is InChI=1S/C18H28N4O3/c1-18(2,3)15(19)16(23)21-12-6-8-13(9-7-12)22-17(24)20-11-14-5-4-10-25-14/h6-9,14-15H,4-5,10-11,19H2,1-3H3,(H,21,23)(H2,20,22,24)/t14?,15-/m1/s1. The van der Waals surface area contributed by atoms with E-state index in [1.165, 1.54) is 0 Å². The monoisotopic (exact) mass is 348 g/mol. The van der Waals surface area contributed by atoms with Gasteiger partial charge in [0.1, 0.15) is 0 Å². The van der Waals surface area contributed by atoms with Crippen molar-refractivity contribution in [3.63, 3.8) is 0 Å². The molecule has 0 spiro atoms. The van der Waals surface area contributed by atoms with E-state index >= 15 is 0 Å². The zero-order valence-corrected chi connectivity index (χ0v) is 15.1. The molecule has 1 unspecified atom stereocenters. The summed E-state index contributed by atoms with van der Waals surface area (Å²) in [7, 11) is 0. The molecule has 138 valence electrons. The maximum Gasteiger partial charge on any atom is 0.319 e. The number of carbonyl (C=O) groups excluding carboxylic acids is 2. The first-order valence-electron chi connectivity index (χ1n) is 8.58. The molecule has 0 saturated carbocycles. The molecule has 0 radical (unpaired) electrons. The number of urea groups is 1. The maximum atomic E-state index is 12.1. The molecule has 3 amide bonds. The molecule has 0 aliphatic carbocycles. The fourth-order valence-corrected chi connectivity index (χ4v) is 2.44. The first-order valence-corrected chi connectivity index (χ1v) is 8.58. The quantitative estimate of drug-likeness (QED) is 0.655. The summed E-state index contributed by atoms with van der Waals surface area (Å²) in [5.41, 5.74) is 6.90. The largest absolute Gasteiger partial charge is 0.376 e. The minimum atomic E-state index is -0.603. The summed E-state index contributed by atoms with van der Waals surface area (Å²) in [4.78, 5) is 24.0. The number of amides is 3. The van der Waals surface area contributed by atoms with E-state index in [9.17, 15) is 9.59 Å². The fourth-order valence-electron chi connectivity index (χ4n) is 2.44. The summed E-state index contributed by atoms with van der Waals surface area (Å²) in [6.45, 7) is 7.02. The van der Waals surface area contributed by atoms with Gasteiger partial charge < -0.3 is 26.4 Å². The van der Waals surface area contributed by atoms with Crippen LogP contribution in [0.4, 0.5) is 16.2 Å². The summed E-state index contributed by atoms with van der Waals surface area (Å²) in [6, 6.07) is 6.02.